The Morgan fingerprint density at radius 1 is 1.35 bits per heavy atom. The zero-order chi connectivity index (χ0) is 15.4. The van der Waals surface area contributed by atoms with Crippen LogP contribution in [0.2, 0.25) is 0 Å². The Bertz CT molecular complexity index is 588. The molecular formula is C10H9BrF3NO4S. The molecule has 0 aliphatic carbocycles. The molecule has 0 bridgehead atoms. The third-order valence-electron chi connectivity index (χ3n) is 1.90. The van der Waals surface area contributed by atoms with Gasteiger partial charge in [0.1, 0.15) is 5.75 Å². The summed E-state index contributed by atoms with van der Waals surface area (Å²) in [6.07, 6.45) is -4.61. The van der Waals surface area contributed by atoms with Gasteiger partial charge in [-0.25, -0.2) is 13.9 Å². The van der Waals surface area contributed by atoms with E-state index in [-0.39, 0.29) is 4.90 Å². The molecule has 10 heteroatoms. The van der Waals surface area contributed by atoms with E-state index in [1.807, 2.05) is 0 Å². The summed E-state index contributed by atoms with van der Waals surface area (Å²) in [5, 5.41) is 0. The topological polar surface area (TPSA) is 72.5 Å². The summed E-state index contributed by atoms with van der Waals surface area (Å²) in [6, 6.07) is 5.59. The second-order valence-electron chi connectivity index (χ2n) is 3.65. The first-order chi connectivity index (χ1) is 9.10. The van der Waals surface area contributed by atoms with E-state index >= 15 is 0 Å². The van der Waals surface area contributed by atoms with Crippen molar-refractivity contribution in [3.05, 3.63) is 28.7 Å². The molecule has 0 aliphatic rings. The summed E-state index contributed by atoms with van der Waals surface area (Å²) in [6.45, 7) is -1.70. The maximum absolute atomic E-state index is 11.8. The number of rotatable bonds is 5. The molecule has 1 aromatic rings. The highest BCUT2D eigenvalue weighted by atomic mass is 79.9. The number of alkyl halides is 3. The molecule has 1 amide bonds. The fourth-order valence-electron chi connectivity index (χ4n) is 1.14. The highest BCUT2D eigenvalue weighted by molar-refractivity contribution is 9.10. The zero-order valence-electron chi connectivity index (χ0n) is 9.78. The van der Waals surface area contributed by atoms with Gasteiger partial charge in [-0.15, -0.1) is 0 Å². The van der Waals surface area contributed by atoms with Crippen LogP contribution in [0.4, 0.5) is 13.2 Å². The number of nitrogens with one attached hydrogen (secondary N) is 1. The first-order valence-corrected chi connectivity index (χ1v) is 7.50. The lowest BCUT2D eigenvalue weighted by Crippen LogP contribution is -2.33. The fourth-order valence-corrected chi connectivity index (χ4v) is 2.86. The second-order valence-corrected chi connectivity index (χ2v) is 6.55. The van der Waals surface area contributed by atoms with Crippen LogP contribution in [0.3, 0.4) is 0 Å². The molecule has 0 spiro atoms. The lowest BCUT2D eigenvalue weighted by molar-refractivity contribution is -0.191. The summed E-state index contributed by atoms with van der Waals surface area (Å²) < 4.78 is 59.3. The third-order valence-corrected chi connectivity index (χ3v) is 4.01. The van der Waals surface area contributed by atoms with Gasteiger partial charge in [-0.05, 0) is 18.2 Å². The predicted octanol–water partition coefficient (Wildman–Crippen LogP) is 1.83. The van der Waals surface area contributed by atoms with E-state index in [9.17, 15) is 26.4 Å². The SMILES string of the molecule is O=C(CS(=O)(=O)c1cccc(Br)c1)NOCC(F)(F)F. The summed E-state index contributed by atoms with van der Waals surface area (Å²) in [4.78, 5) is 14.9. The van der Waals surface area contributed by atoms with Gasteiger partial charge in [-0.1, -0.05) is 22.0 Å². The second kappa shape index (κ2) is 6.55. The molecule has 0 unspecified atom stereocenters. The molecule has 1 rings (SSSR count). The molecule has 0 fully saturated rings. The molecule has 0 atom stereocenters. The standard InChI is InChI=1S/C10H9BrF3NO4S/c11-7-2-1-3-8(4-7)20(17,18)5-9(16)15-19-6-10(12,13)14/h1-4H,5-6H2,(H,15,16). The molecule has 0 aliphatic heterocycles. The van der Waals surface area contributed by atoms with Gasteiger partial charge in [-0.2, -0.15) is 13.2 Å². The Hall–Kier alpha value is -1.13. The maximum atomic E-state index is 11.8. The van der Waals surface area contributed by atoms with Gasteiger partial charge in [0.15, 0.2) is 16.4 Å². The minimum Gasteiger partial charge on any atom is -0.272 e. The first kappa shape index (κ1) is 16.9. The minimum absolute atomic E-state index is 0.127. The molecular weight excluding hydrogens is 367 g/mol. The van der Waals surface area contributed by atoms with Crippen LogP contribution in [-0.2, 0) is 19.5 Å². The van der Waals surface area contributed by atoms with Crippen molar-refractivity contribution in [3.63, 3.8) is 0 Å². The first-order valence-electron chi connectivity index (χ1n) is 5.06. The zero-order valence-corrected chi connectivity index (χ0v) is 12.2. The van der Waals surface area contributed by atoms with Gasteiger partial charge in [0, 0.05) is 4.47 Å². The summed E-state index contributed by atoms with van der Waals surface area (Å²) in [7, 11) is -3.95. The predicted molar refractivity (Wildman–Crippen MR) is 66.3 cm³/mol. The van der Waals surface area contributed by atoms with Crippen LogP contribution in [-0.4, -0.2) is 32.9 Å². The average molecular weight is 376 g/mol. The average Bonchev–Trinajstić information content (AvgIpc) is 2.26. The number of carbonyl (C=O) groups excluding carboxylic acids is 1. The van der Waals surface area contributed by atoms with Gasteiger partial charge in [0.05, 0.1) is 4.90 Å². The lowest BCUT2D eigenvalue weighted by Gasteiger charge is -2.08. The van der Waals surface area contributed by atoms with Crippen LogP contribution < -0.4 is 5.48 Å². The summed E-state index contributed by atoms with van der Waals surface area (Å²) >= 11 is 3.07. The van der Waals surface area contributed by atoms with Crippen molar-refractivity contribution in [2.24, 2.45) is 0 Å². The van der Waals surface area contributed by atoms with E-state index in [4.69, 9.17) is 0 Å². The monoisotopic (exact) mass is 375 g/mol. The largest absolute Gasteiger partial charge is 0.414 e. The molecule has 5 nitrogen and oxygen atoms in total. The Labute approximate surface area is 121 Å². The number of carbonyl (C=O) groups is 1. The van der Waals surface area contributed by atoms with Crippen LogP contribution in [0.25, 0.3) is 0 Å². The van der Waals surface area contributed by atoms with E-state index in [1.54, 1.807) is 6.07 Å². The van der Waals surface area contributed by atoms with Crippen LogP contribution in [0.1, 0.15) is 0 Å². The molecule has 1 N–H and O–H groups in total. The normalized spacial score (nSPS) is 12.2. The third kappa shape index (κ3) is 5.88. The van der Waals surface area contributed by atoms with E-state index < -0.39 is 34.3 Å². The van der Waals surface area contributed by atoms with Gasteiger partial charge in [0.2, 0.25) is 0 Å². The number of sulfone groups is 1. The Morgan fingerprint density at radius 3 is 2.55 bits per heavy atom. The quantitative estimate of drug-likeness (QED) is 0.797. The molecule has 0 radical (unpaired) electrons. The molecule has 20 heavy (non-hydrogen) atoms. The van der Waals surface area contributed by atoms with Gasteiger partial charge < -0.3 is 0 Å². The lowest BCUT2D eigenvalue weighted by atomic mass is 10.4. The fraction of sp³-hybridized carbons (Fsp3) is 0.300. The van der Waals surface area contributed by atoms with Crippen LogP contribution in [0, 0.1) is 0 Å². The van der Waals surface area contributed by atoms with Crippen molar-refractivity contribution in [1.29, 1.82) is 0 Å². The van der Waals surface area contributed by atoms with Crippen LogP contribution in [0.15, 0.2) is 33.6 Å². The van der Waals surface area contributed by atoms with E-state index in [0.717, 1.165) is 0 Å². The van der Waals surface area contributed by atoms with E-state index in [2.05, 4.69) is 20.8 Å². The number of benzene rings is 1. The van der Waals surface area contributed by atoms with Crippen molar-refractivity contribution < 1.29 is 31.2 Å². The molecule has 0 saturated carbocycles. The number of amides is 1. The van der Waals surface area contributed by atoms with Crippen LogP contribution >= 0.6 is 15.9 Å². The highest BCUT2D eigenvalue weighted by Gasteiger charge is 2.28. The van der Waals surface area contributed by atoms with Gasteiger partial charge in [0.25, 0.3) is 5.91 Å². The molecule has 112 valence electrons. The Morgan fingerprint density at radius 2 is 2.00 bits per heavy atom. The van der Waals surface area contributed by atoms with Crippen molar-refractivity contribution in [2.45, 2.75) is 11.1 Å². The Balaban J connectivity index is 2.61. The number of halogens is 4. The summed E-state index contributed by atoms with van der Waals surface area (Å²) in [5.74, 6) is -2.20. The van der Waals surface area contributed by atoms with Gasteiger partial charge >= 0.3 is 6.18 Å². The highest BCUT2D eigenvalue weighted by Crippen LogP contribution is 2.17. The smallest absolute Gasteiger partial charge is 0.272 e. The van der Waals surface area contributed by atoms with Gasteiger partial charge in [-0.3, -0.25) is 9.63 Å². The molecule has 0 heterocycles. The molecule has 0 aromatic heterocycles. The van der Waals surface area contributed by atoms with E-state index in [0.29, 0.717) is 4.47 Å². The number of hydroxylamine groups is 1. The number of hydrogen-bond acceptors (Lipinski definition) is 4. The van der Waals surface area contributed by atoms with Crippen molar-refractivity contribution in [1.82, 2.24) is 5.48 Å². The van der Waals surface area contributed by atoms with E-state index in [1.165, 1.54) is 23.7 Å². The van der Waals surface area contributed by atoms with Crippen molar-refractivity contribution in [2.75, 3.05) is 12.4 Å². The maximum Gasteiger partial charge on any atom is 0.414 e. The van der Waals surface area contributed by atoms with Crippen molar-refractivity contribution in [3.8, 4) is 0 Å². The molecule has 1 aromatic carbocycles. The Kier molecular flexibility index (Phi) is 5.54. The minimum atomic E-state index is -4.61. The van der Waals surface area contributed by atoms with Crippen molar-refractivity contribution >= 4 is 31.7 Å². The van der Waals surface area contributed by atoms with Crippen LogP contribution in [0.5, 0.6) is 0 Å². The summed E-state index contributed by atoms with van der Waals surface area (Å²) in [5.41, 5.74) is 1.43. The molecule has 0 saturated heterocycles. The number of hydrogen-bond donors (Lipinski definition) is 1.